The van der Waals surface area contributed by atoms with Crippen LogP contribution in [0.5, 0.6) is 0 Å². The molecule has 0 aliphatic heterocycles. The summed E-state index contributed by atoms with van der Waals surface area (Å²) in [5.74, 6) is 1.83. The molecule has 2 aliphatic carbocycles. The van der Waals surface area contributed by atoms with Gasteiger partial charge in [-0.3, -0.25) is 0 Å². The van der Waals surface area contributed by atoms with Gasteiger partial charge in [0.15, 0.2) is 0 Å². The van der Waals surface area contributed by atoms with E-state index in [0.717, 1.165) is 12.3 Å². The number of hydrogen-bond donors (Lipinski definition) is 1. The topological polar surface area (TPSA) is 46.5 Å². The normalized spacial score (nSPS) is 37.8. The monoisotopic (exact) mass is 196 g/mol. The Balaban J connectivity index is 1.93. The Kier molecular flexibility index (Phi) is 2.48. The van der Waals surface area contributed by atoms with Crippen LogP contribution in [0.1, 0.15) is 26.2 Å². The van der Waals surface area contributed by atoms with E-state index in [1.165, 1.54) is 18.4 Å². The first-order chi connectivity index (χ1) is 6.70. The molecule has 1 N–H and O–H groups in total. The van der Waals surface area contributed by atoms with E-state index in [2.05, 4.69) is 17.7 Å². The Labute approximate surface area is 83.8 Å². The van der Waals surface area contributed by atoms with Gasteiger partial charge in [0.25, 0.3) is 0 Å². The van der Waals surface area contributed by atoms with Crippen LogP contribution in [-0.4, -0.2) is 17.9 Å². The number of rotatable bonds is 2. The summed E-state index contributed by atoms with van der Waals surface area (Å²) in [7, 11) is 0. The second kappa shape index (κ2) is 3.64. The number of hydrogen-bond acceptors (Lipinski definition) is 2. The number of carboxylic acid groups (broad SMARTS) is 1. The van der Waals surface area contributed by atoms with Crippen LogP contribution in [0, 0.1) is 17.8 Å². The van der Waals surface area contributed by atoms with Gasteiger partial charge in [-0.05, 0) is 38.0 Å². The lowest BCUT2D eigenvalue weighted by molar-refractivity contribution is 0.0708. The van der Waals surface area contributed by atoms with E-state index in [-0.39, 0.29) is 0 Å². The first-order valence-corrected chi connectivity index (χ1v) is 5.21. The van der Waals surface area contributed by atoms with E-state index < -0.39 is 6.16 Å². The molecular formula is C11H16O3. The van der Waals surface area contributed by atoms with Gasteiger partial charge < -0.3 is 9.84 Å². The standard InChI is InChI=1S/C11H16O3/c1-2-8-3-7-4-9(10(8)5-7)6-14-11(12)13/h2,7,9-10H,3-6H2,1H3,(H,12,13)/t7-,9?,10+/m0/s1. The van der Waals surface area contributed by atoms with E-state index in [1.54, 1.807) is 0 Å². The maximum atomic E-state index is 10.3. The highest BCUT2D eigenvalue weighted by Gasteiger charge is 2.42. The summed E-state index contributed by atoms with van der Waals surface area (Å²) in [6, 6.07) is 0. The summed E-state index contributed by atoms with van der Waals surface area (Å²) in [5.41, 5.74) is 1.51. The molecule has 0 heterocycles. The molecule has 0 saturated heterocycles. The van der Waals surface area contributed by atoms with E-state index >= 15 is 0 Å². The Morgan fingerprint density at radius 3 is 3.00 bits per heavy atom. The number of allylic oxidation sites excluding steroid dienone is 2. The number of carbonyl (C=O) groups is 1. The van der Waals surface area contributed by atoms with Gasteiger partial charge in [-0.2, -0.15) is 0 Å². The van der Waals surface area contributed by atoms with E-state index in [0.29, 0.717) is 18.4 Å². The summed E-state index contributed by atoms with van der Waals surface area (Å²) in [4.78, 5) is 10.3. The highest BCUT2D eigenvalue weighted by atomic mass is 16.7. The largest absolute Gasteiger partial charge is 0.505 e. The van der Waals surface area contributed by atoms with Gasteiger partial charge >= 0.3 is 6.16 Å². The quantitative estimate of drug-likeness (QED) is 0.545. The third-order valence-corrected chi connectivity index (χ3v) is 3.58. The Morgan fingerprint density at radius 2 is 2.43 bits per heavy atom. The van der Waals surface area contributed by atoms with Crippen molar-refractivity contribution in [1.82, 2.24) is 0 Å². The highest BCUT2D eigenvalue weighted by molar-refractivity contribution is 5.56. The molecule has 0 spiro atoms. The minimum Gasteiger partial charge on any atom is -0.450 e. The maximum absolute atomic E-state index is 10.3. The summed E-state index contributed by atoms with van der Waals surface area (Å²) in [6.07, 6.45) is 4.67. The second-order valence-corrected chi connectivity index (χ2v) is 4.35. The van der Waals surface area contributed by atoms with Crippen LogP contribution in [0.25, 0.3) is 0 Å². The average molecular weight is 196 g/mol. The molecule has 2 rings (SSSR count). The van der Waals surface area contributed by atoms with Crippen molar-refractivity contribution in [3.8, 4) is 0 Å². The zero-order chi connectivity index (χ0) is 10.1. The van der Waals surface area contributed by atoms with Gasteiger partial charge in [0, 0.05) is 5.92 Å². The van der Waals surface area contributed by atoms with Crippen LogP contribution in [0.3, 0.4) is 0 Å². The molecule has 3 heteroatoms. The van der Waals surface area contributed by atoms with Crippen molar-refractivity contribution < 1.29 is 14.6 Å². The van der Waals surface area contributed by atoms with Crippen LogP contribution in [0.4, 0.5) is 4.79 Å². The lowest BCUT2D eigenvalue weighted by atomic mass is 9.85. The van der Waals surface area contributed by atoms with Gasteiger partial charge in [0.1, 0.15) is 0 Å². The van der Waals surface area contributed by atoms with Crippen LogP contribution < -0.4 is 0 Å². The lowest BCUT2D eigenvalue weighted by Gasteiger charge is -2.23. The summed E-state index contributed by atoms with van der Waals surface area (Å²) >= 11 is 0. The molecule has 0 aromatic heterocycles. The summed E-state index contributed by atoms with van der Waals surface area (Å²) in [5, 5.41) is 8.43. The van der Waals surface area contributed by atoms with Crippen LogP contribution >= 0.6 is 0 Å². The van der Waals surface area contributed by atoms with E-state index in [4.69, 9.17) is 5.11 Å². The van der Waals surface area contributed by atoms with Crippen molar-refractivity contribution in [3.63, 3.8) is 0 Å². The smallest absolute Gasteiger partial charge is 0.450 e. The molecule has 0 amide bonds. The van der Waals surface area contributed by atoms with Crippen molar-refractivity contribution >= 4 is 6.16 Å². The third kappa shape index (κ3) is 1.63. The molecule has 0 aromatic carbocycles. The first kappa shape index (κ1) is 9.56. The zero-order valence-corrected chi connectivity index (χ0v) is 8.40. The van der Waals surface area contributed by atoms with Gasteiger partial charge in [0.05, 0.1) is 6.61 Å². The lowest BCUT2D eigenvalue weighted by Crippen LogP contribution is -2.20. The molecule has 3 atom stereocenters. The molecule has 2 fully saturated rings. The summed E-state index contributed by atoms with van der Waals surface area (Å²) in [6.45, 7) is 2.46. The van der Waals surface area contributed by atoms with E-state index in [9.17, 15) is 4.79 Å². The SMILES string of the molecule is CC=C1C[C@H]2CC(COC(=O)O)[C@@H]1C2. The molecule has 2 aliphatic rings. The van der Waals surface area contributed by atoms with Crippen LogP contribution in [0.15, 0.2) is 11.6 Å². The third-order valence-electron chi connectivity index (χ3n) is 3.58. The first-order valence-electron chi connectivity index (χ1n) is 5.21. The second-order valence-electron chi connectivity index (χ2n) is 4.35. The highest BCUT2D eigenvalue weighted by Crippen LogP contribution is 2.51. The minimum atomic E-state index is -1.14. The van der Waals surface area contributed by atoms with Gasteiger partial charge in [-0.15, -0.1) is 0 Å². The predicted molar refractivity (Wildman–Crippen MR) is 52.1 cm³/mol. The fraction of sp³-hybridized carbons (Fsp3) is 0.727. The molecule has 1 unspecified atom stereocenters. The molecule has 2 bridgehead atoms. The fourth-order valence-corrected chi connectivity index (χ4v) is 3.04. The van der Waals surface area contributed by atoms with Crippen LogP contribution in [-0.2, 0) is 4.74 Å². The van der Waals surface area contributed by atoms with Gasteiger partial charge in [0.2, 0.25) is 0 Å². The van der Waals surface area contributed by atoms with Crippen molar-refractivity contribution in [3.05, 3.63) is 11.6 Å². The zero-order valence-electron chi connectivity index (χ0n) is 8.40. The molecule has 2 saturated carbocycles. The van der Waals surface area contributed by atoms with Crippen molar-refractivity contribution in [2.75, 3.05) is 6.61 Å². The number of ether oxygens (including phenoxy) is 1. The minimum absolute atomic E-state index is 0.383. The van der Waals surface area contributed by atoms with Crippen molar-refractivity contribution in [2.45, 2.75) is 26.2 Å². The van der Waals surface area contributed by atoms with Gasteiger partial charge in [-0.25, -0.2) is 4.79 Å². The van der Waals surface area contributed by atoms with Gasteiger partial charge in [-0.1, -0.05) is 11.6 Å². The predicted octanol–water partition coefficient (Wildman–Crippen LogP) is 2.67. The molecule has 3 nitrogen and oxygen atoms in total. The Hall–Kier alpha value is -0.990. The fourth-order valence-electron chi connectivity index (χ4n) is 3.04. The van der Waals surface area contributed by atoms with Crippen LogP contribution in [0.2, 0.25) is 0 Å². The number of fused-ring (bicyclic) bond motifs is 2. The molecular weight excluding hydrogens is 180 g/mol. The average Bonchev–Trinajstić information content (AvgIpc) is 2.72. The molecule has 0 radical (unpaired) electrons. The Morgan fingerprint density at radius 1 is 1.64 bits per heavy atom. The summed E-state index contributed by atoms with van der Waals surface area (Å²) < 4.78 is 4.66. The molecule has 14 heavy (non-hydrogen) atoms. The van der Waals surface area contributed by atoms with Crippen molar-refractivity contribution in [1.29, 1.82) is 0 Å². The molecule has 78 valence electrons. The molecule has 0 aromatic rings. The maximum Gasteiger partial charge on any atom is 0.505 e. The van der Waals surface area contributed by atoms with Crippen molar-refractivity contribution in [2.24, 2.45) is 17.8 Å². The van der Waals surface area contributed by atoms with E-state index in [1.807, 2.05) is 0 Å². The Bertz CT molecular complexity index is 270.